The molecule has 4 aromatic carbocycles. The van der Waals surface area contributed by atoms with Crippen LogP contribution in [-0.4, -0.2) is 11.9 Å². The number of hydrogen-bond acceptors (Lipinski definition) is 3. The van der Waals surface area contributed by atoms with Gasteiger partial charge < -0.3 is 0 Å². The second-order valence-electron chi connectivity index (χ2n) is 7.72. The number of benzene rings is 4. The van der Waals surface area contributed by atoms with Gasteiger partial charge in [-0.2, -0.15) is 5.10 Å². The van der Waals surface area contributed by atoms with E-state index in [1.54, 1.807) is 0 Å². The van der Waals surface area contributed by atoms with Crippen molar-refractivity contribution in [2.45, 2.75) is 12.5 Å². The molecular formula is C28H22BrN3. The number of anilines is 1. The summed E-state index contributed by atoms with van der Waals surface area (Å²) < 4.78 is 1.08. The van der Waals surface area contributed by atoms with Crippen LogP contribution in [-0.2, 0) is 0 Å². The second-order valence-corrected chi connectivity index (χ2v) is 8.63. The zero-order chi connectivity index (χ0) is 21.8. The molecule has 4 aromatic rings. The third kappa shape index (κ3) is 4.56. The van der Waals surface area contributed by atoms with Crippen LogP contribution in [0, 0.1) is 0 Å². The van der Waals surface area contributed by atoms with E-state index in [2.05, 4.69) is 105 Å². The molecule has 0 fully saturated rings. The Morgan fingerprint density at radius 3 is 2.28 bits per heavy atom. The summed E-state index contributed by atoms with van der Waals surface area (Å²) in [4.78, 5) is 4.67. The highest BCUT2D eigenvalue weighted by atomic mass is 79.9. The molecule has 0 saturated heterocycles. The molecule has 0 bridgehead atoms. The Bertz CT molecular complexity index is 1250. The fourth-order valence-electron chi connectivity index (χ4n) is 3.90. The summed E-state index contributed by atoms with van der Waals surface area (Å²) in [6.07, 6.45) is 2.73. The quantitative estimate of drug-likeness (QED) is 0.271. The number of aliphatic imine (C=N–C) groups is 1. The van der Waals surface area contributed by atoms with E-state index in [4.69, 9.17) is 5.10 Å². The van der Waals surface area contributed by atoms with Crippen LogP contribution in [0.4, 0.5) is 11.4 Å². The van der Waals surface area contributed by atoms with Gasteiger partial charge in [0.25, 0.3) is 0 Å². The van der Waals surface area contributed by atoms with Gasteiger partial charge in [-0.15, -0.1) is 0 Å². The molecule has 1 unspecified atom stereocenters. The fraction of sp³-hybridized carbons (Fsp3) is 0.0714. The van der Waals surface area contributed by atoms with Gasteiger partial charge in [-0.25, -0.2) is 0 Å². The second kappa shape index (κ2) is 9.33. The lowest BCUT2D eigenvalue weighted by Gasteiger charge is -2.24. The first-order chi connectivity index (χ1) is 15.8. The largest absolute Gasteiger partial charge is 0.257 e. The van der Waals surface area contributed by atoms with Gasteiger partial charge in [0.1, 0.15) is 0 Å². The van der Waals surface area contributed by atoms with E-state index in [1.165, 1.54) is 5.56 Å². The summed E-state index contributed by atoms with van der Waals surface area (Å²) in [7, 11) is 0. The first kappa shape index (κ1) is 20.4. The van der Waals surface area contributed by atoms with Gasteiger partial charge in [0.15, 0.2) is 0 Å². The molecule has 0 radical (unpaired) electrons. The van der Waals surface area contributed by atoms with Crippen molar-refractivity contribution in [3.8, 4) is 0 Å². The molecule has 3 nitrogen and oxygen atoms in total. The van der Waals surface area contributed by atoms with Crippen molar-refractivity contribution in [1.29, 1.82) is 0 Å². The number of nitrogens with zero attached hydrogens (tertiary/aromatic N) is 3. The summed E-state index contributed by atoms with van der Waals surface area (Å²) in [5.41, 5.74) is 6.52. The van der Waals surface area contributed by atoms with E-state index in [0.717, 1.165) is 39.1 Å². The van der Waals surface area contributed by atoms with Crippen LogP contribution in [0.15, 0.2) is 124 Å². The monoisotopic (exact) mass is 479 g/mol. The number of hydrogen-bond donors (Lipinski definition) is 0. The lowest BCUT2D eigenvalue weighted by molar-refractivity contribution is 0.709. The number of para-hydroxylation sites is 1. The maximum atomic E-state index is 5.05. The smallest absolute Gasteiger partial charge is 0.0831 e. The molecule has 1 aliphatic heterocycles. The zero-order valence-electron chi connectivity index (χ0n) is 17.5. The summed E-state index contributed by atoms with van der Waals surface area (Å²) in [5, 5.41) is 7.19. The van der Waals surface area contributed by atoms with Gasteiger partial charge in [0.2, 0.25) is 0 Å². The van der Waals surface area contributed by atoms with Crippen LogP contribution in [0.5, 0.6) is 0 Å². The molecule has 0 aromatic heterocycles. The zero-order valence-corrected chi connectivity index (χ0v) is 19.1. The first-order valence-electron chi connectivity index (χ1n) is 10.6. The third-order valence-corrected chi connectivity index (χ3v) is 6.06. The molecule has 1 atom stereocenters. The highest BCUT2D eigenvalue weighted by Crippen LogP contribution is 2.37. The first-order valence-corrected chi connectivity index (χ1v) is 11.4. The molecule has 0 spiro atoms. The Kier molecular flexibility index (Phi) is 5.95. The van der Waals surface area contributed by atoms with E-state index >= 15 is 0 Å². The molecule has 4 heteroatoms. The van der Waals surface area contributed by atoms with Crippen molar-refractivity contribution >= 4 is 39.2 Å². The summed E-state index contributed by atoms with van der Waals surface area (Å²) in [6.45, 7) is 0. The van der Waals surface area contributed by atoms with Crippen LogP contribution in [0.2, 0.25) is 0 Å². The summed E-state index contributed by atoms with van der Waals surface area (Å²) in [5.74, 6) is 0. The molecule has 0 N–H and O–H groups in total. The lowest BCUT2D eigenvalue weighted by Crippen LogP contribution is -2.18. The van der Waals surface area contributed by atoms with E-state index in [1.807, 2.05) is 36.5 Å². The summed E-state index contributed by atoms with van der Waals surface area (Å²) >= 11 is 3.55. The van der Waals surface area contributed by atoms with Crippen LogP contribution in [0.1, 0.15) is 29.2 Å². The van der Waals surface area contributed by atoms with E-state index < -0.39 is 0 Å². The van der Waals surface area contributed by atoms with E-state index in [0.29, 0.717) is 0 Å². The predicted molar refractivity (Wildman–Crippen MR) is 137 cm³/mol. The van der Waals surface area contributed by atoms with E-state index in [-0.39, 0.29) is 6.04 Å². The van der Waals surface area contributed by atoms with Gasteiger partial charge in [-0.1, -0.05) is 88.7 Å². The van der Waals surface area contributed by atoms with Gasteiger partial charge in [-0.3, -0.25) is 10.0 Å². The minimum atomic E-state index is 0.150. The van der Waals surface area contributed by atoms with E-state index in [9.17, 15) is 0 Å². The van der Waals surface area contributed by atoms with Gasteiger partial charge >= 0.3 is 0 Å². The van der Waals surface area contributed by atoms with Crippen molar-refractivity contribution in [3.63, 3.8) is 0 Å². The van der Waals surface area contributed by atoms with Crippen LogP contribution in [0.25, 0.3) is 0 Å². The number of rotatable bonds is 5. The van der Waals surface area contributed by atoms with Crippen LogP contribution in [0.3, 0.4) is 0 Å². The third-order valence-electron chi connectivity index (χ3n) is 5.53. The molecule has 0 amide bonds. The van der Waals surface area contributed by atoms with Crippen molar-refractivity contribution in [1.82, 2.24) is 0 Å². The Hall–Kier alpha value is -3.50. The topological polar surface area (TPSA) is 28.0 Å². The Morgan fingerprint density at radius 2 is 1.53 bits per heavy atom. The maximum absolute atomic E-state index is 5.05. The fourth-order valence-corrected chi connectivity index (χ4v) is 4.17. The Morgan fingerprint density at radius 1 is 0.812 bits per heavy atom. The van der Waals surface area contributed by atoms with Crippen molar-refractivity contribution in [3.05, 3.63) is 130 Å². The molecule has 0 aliphatic carbocycles. The molecule has 1 aliphatic rings. The van der Waals surface area contributed by atoms with Gasteiger partial charge in [0.05, 0.1) is 23.1 Å². The van der Waals surface area contributed by atoms with Crippen LogP contribution < -0.4 is 5.01 Å². The minimum absolute atomic E-state index is 0.150. The Balaban J connectivity index is 1.46. The number of halogens is 1. The molecule has 1 heterocycles. The van der Waals surface area contributed by atoms with Gasteiger partial charge in [-0.05, 0) is 53.1 Å². The number of hydrazone groups is 1. The molecular weight excluding hydrogens is 458 g/mol. The molecule has 0 saturated carbocycles. The maximum Gasteiger partial charge on any atom is 0.0831 e. The lowest BCUT2D eigenvalue weighted by atomic mass is 9.98. The molecule has 156 valence electrons. The minimum Gasteiger partial charge on any atom is -0.257 e. The van der Waals surface area contributed by atoms with Gasteiger partial charge in [0, 0.05) is 17.1 Å². The van der Waals surface area contributed by atoms with Crippen molar-refractivity contribution in [2.24, 2.45) is 10.1 Å². The summed E-state index contributed by atoms with van der Waals surface area (Å²) in [6, 6.07) is 37.5. The average Bonchev–Trinajstić information content (AvgIpc) is 3.30. The van der Waals surface area contributed by atoms with Crippen molar-refractivity contribution in [2.75, 3.05) is 5.01 Å². The molecule has 32 heavy (non-hydrogen) atoms. The predicted octanol–water partition coefficient (Wildman–Crippen LogP) is 7.56. The SMILES string of the molecule is Brc1ccc(C2CC(c3cccc(N=Cc4ccccc4)c3)=NN2c2ccccc2)cc1. The average molecular weight is 480 g/mol. The standard InChI is InChI=1S/C28H22BrN3/c29-24-16-14-22(15-17-24)28-19-27(31-32(28)26-12-5-2-6-13-26)23-10-7-11-25(18-23)30-20-21-8-3-1-4-9-21/h1-18,20,28H,19H2. The normalized spacial score (nSPS) is 15.8. The highest BCUT2D eigenvalue weighted by Gasteiger charge is 2.29. The van der Waals surface area contributed by atoms with Crippen molar-refractivity contribution < 1.29 is 0 Å². The van der Waals surface area contributed by atoms with Crippen LogP contribution >= 0.6 is 15.9 Å². The molecule has 5 rings (SSSR count). The Labute approximate surface area is 196 Å². The highest BCUT2D eigenvalue weighted by molar-refractivity contribution is 9.10.